The molecule has 0 heterocycles. The largest absolute Gasteiger partial charge is 0.496 e. The molecule has 0 aliphatic heterocycles. The molecule has 16 heavy (non-hydrogen) atoms. The van der Waals surface area contributed by atoms with Gasteiger partial charge in [-0.1, -0.05) is 18.2 Å². The van der Waals surface area contributed by atoms with E-state index in [-0.39, 0.29) is 6.04 Å². The number of para-hydroxylation sites is 1. The van der Waals surface area contributed by atoms with Crippen LogP contribution in [0.15, 0.2) is 24.3 Å². The van der Waals surface area contributed by atoms with Gasteiger partial charge in [0, 0.05) is 11.6 Å². The van der Waals surface area contributed by atoms with Gasteiger partial charge in [0.05, 0.1) is 7.11 Å². The smallest absolute Gasteiger partial charge is 0.226 e. The van der Waals surface area contributed by atoms with Crippen LogP contribution in [0.3, 0.4) is 0 Å². The third-order valence-electron chi connectivity index (χ3n) is 2.11. The van der Waals surface area contributed by atoms with E-state index in [1.165, 1.54) is 0 Å². The van der Waals surface area contributed by atoms with Crippen molar-refractivity contribution in [2.24, 2.45) is 0 Å². The Morgan fingerprint density at radius 2 is 2.06 bits per heavy atom. The molecule has 1 atom stereocenters. The first-order chi connectivity index (χ1) is 7.50. The Bertz CT molecular complexity index is 447. The average Bonchev–Trinajstić information content (AvgIpc) is 2.28. The molecule has 1 aromatic carbocycles. The van der Waals surface area contributed by atoms with Crippen LogP contribution in [0.1, 0.15) is 18.5 Å². The second kappa shape index (κ2) is 5.52. The Morgan fingerprint density at radius 1 is 1.44 bits per heavy atom. The Kier molecular flexibility index (Phi) is 4.58. The minimum Gasteiger partial charge on any atom is -0.496 e. The number of hydrogen-bond acceptors (Lipinski definition) is 3. The standard InChI is InChI=1S/C10H14ClNO3S/c1-8(12-16(13,14)7-11)9-5-3-4-6-10(9)15-2/h3-6,8,12H,7H2,1-2H3/t8-/m1/s1. The second-order valence-electron chi connectivity index (χ2n) is 3.31. The normalized spacial score (nSPS) is 13.4. The molecule has 0 bridgehead atoms. The number of benzene rings is 1. The van der Waals surface area contributed by atoms with Gasteiger partial charge in [0.15, 0.2) is 0 Å². The maximum atomic E-state index is 11.3. The van der Waals surface area contributed by atoms with Gasteiger partial charge in [-0.25, -0.2) is 13.1 Å². The van der Waals surface area contributed by atoms with Crippen molar-refractivity contribution in [1.29, 1.82) is 0 Å². The Morgan fingerprint density at radius 3 is 2.62 bits per heavy atom. The van der Waals surface area contributed by atoms with Crippen molar-refractivity contribution in [3.63, 3.8) is 0 Å². The lowest BCUT2D eigenvalue weighted by atomic mass is 10.1. The Hall–Kier alpha value is -0.780. The number of halogens is 1. The molecule has 0 radical (unpaired) electrons. The van der Waals surface area contributed by atoms with Crippen LogP contribution in [-0.4, -0.2) is 20.7 Å². The van der Waals surface area contributed by atoms with Gasteiger partial charge in [0.2, 0.25) is 10.0 Å². The lowest BCUT2D eigenvalue weighted by Crippen LogP contribution is -2.27. The van der Waals surface area contributed by atoms with Crippen molar-refractivity contribution in [3.8, 4) is 5.75 Å². The van der Waals surface area contributed by atoms with Crippen molar-refractivity contribution in [1.82, 2.24) is 4.72 Å². The summed E-state index contributed by atoms with van der Waals surface area (Å²) in [5, 5.41) is -0.452. The van der Waals surface area contributed by atoms with E-state index < -0.39 is 15.2 Å². The fraction of sp³-hybridized carbons (Fsp3) is 0.400. The Balaban J connectivity index is 2.92. The summed E-state index contributed by atoms with van der Waals surface area (Å²) in [6.45, 7) is 1.74. The van der Waals surface area contributed by atoms with Gasteiger partial charge < -0.3 is 4.74 Å². The molecule has 0 amide bonds. The van der Waals surface area contributed by atoms with E-state index in [4.69, 9.17) is 16.3 Å². The third kappa shape index (κ3) is 3.37. The highest BCUT2D eigenvalue weighted by Gasteiger charge is 2.17. The maximum Gasteiger partial charge on any atom is 0.226 e. The number of rotatable bonds is 5. The molecule has 6 heteroatoms. The molecule has 90 valence electrons. The van der Waals surface area contributed by atoms with Crippen LogP contribution < -0.4 is 9.46 Å². The van der Waals surface area contributed by atoms with Crippen molar-refractivity contribution in [2.45, 2.75) is 13.0 Å². The molecule has 0 unspecified atom stereocenters. The fourth-order valence-electron chi connectivity index (χ4n) is 1.39. The summed E-state index contributed by atoms with van der Waals surface area (Å²) in [7, 11) is -1.89. The highest BCUT2D eigenvalue weighted by molar-refractivity contribution is 7.90. The van der Waals surface area contributed by atoms with Gasteiger partial charge in [-0.2, -0.15) is 0 Å². The quantitative estimate of drug-likeness (QED) is 0.825. The van der Waals surface area contributed by atoms with Crippen LogP contribution in [0.25, 0.3) is 0 Å². The SMILES string of the molecule is COc1ccccc1[C@@H](C)NS(=O)(=O)CCl. The van der Waals surface area contributed by atoms with Gasteiger partial charge in [-0.15, -0.1) is 11.6 Å². The molecule has 0 saturated heterocycles. The number of sulfonamides is 1. The summed E-state index contributed by atoms with van der Waals surface area (Å²) in [6.07, 6.45) is 0. The summed E-state index contributed by atoms with van der Waals surface area (Å²) in [5.41, 5.74) is 0.777. The molecule has 0 fully saturated rings. The molecule has 0 saturated carbocycles. The van der Waals surface area contributed by atoms with Gasteiger partial charge in [-0.05, 0) is 13.0 Å². The predicted molar refractivity (Wildman–Crippen MR) is 64.2 cm³/mol. The summed E-state index contributed by atoms with van der Waals surface area (Å²) < 4.78 is 30.2. The molecule has 4 nitrogen and oxygen atoms in total. The van der Waals surface area contributed by atoms with Crippen LogP contribution in [0.5, 0.6) is 5.75 Å². The van der Waals surface area contributed by atoms with E-state index in [1.807, 2.05) is 12.1 Å². The van der Waals surface area contributed by atoms with Crippen molar-refractivity contribution in [2.75, 3.05) is 12.3 Å². The van der Waals surface area contributed by atoms with E-state index >= 15 is 0 Å². The molecule has 0 aromatic heterocycles. The minimum absolute atomic E-state index is 0.375. The molecule has 1 aromatic rings. The number of nitrogens with one attached hydrogen (secondary N) is 1. The number of ether oxygens (including phenoxy) is 1. The van der Waals surface area contributed by atoms with Gasteiger partial charge in [0.25, 0.3) is 0 Å². The van der Waals surface area contributed by atoms with Crippen LogP contribution in [-0.2, 0) is 10.0 Å². The lowest BCUT2D eigenvalue weighted by Gasteiger charge is -2.16. The Labute approximate surface area is 101 Å². The number of alkyl halides is 1. The monoisotopic (exact) mass is 263 g/mol. The van der Waals surface area contributed by atoms with E-state index in [9.17, 15) is 8.42 Å². The highest BCUT2D eigenvalue weighted by Crippen LogP contribution is 2.24. The van der Waals surface area contributed by atoms with Gasteiger partial charge in [-0.3, -0.25) is 0 Å². The van der Waals surface area contributed by atoms with E-state index in [0.717, 1.165) is 5.56 Å². The second-order valence-corrected chi connectivity index (χ2v) is 5.64. The van der Waals surface area contributed by atoms with Crippen LogP contribution in [0, 0.1) is 0 Å². The predicted octanol–water partition coefficient (Wildman–Crippen LogP) is 1.87. The third-order valence-corrected chi connectivity index (χ3v) is 3.97. The number of methoxy groups -OCH3 is 1. The molecule has 0 spiro atoms. The van der Waals surface area contributed by atoms with Crippen LogP contribution >= 0.6 is 11.6 Å². The summed E-state index contributed by atoms with van der Waals surface area (Å²) in [6, 6.07) is 6.86. The highest BCUT2D eigenvalue weighted by atomic mass is 35.5. The first kappa shape index (κ1) is 13.3. The zero-order chi connectivity index (χ0) is 12.2. The average molecular weight is 264 g/mol. The molecule has 0 aliphatic rings. The number of hydrogen-bond donors (Lipinski definition) is 1. The fourth-order valence-corrected chi connectivity index (χ4v) is 2.31. The van der Waals surface area contributed by atoms with Crippen molar-refractivity contribution < 1.29 is 13.2 Å². The van der Waals surface area contributed by atoms with Crippen LogP contribution in [0.2, 0.25) is 0 Å². The van der Waals surface area contributed by atoms with Gasteiger partial charge in [0.1, 0.15) is 11.0 Å². The maximum absolute atomic E-state index is 11.3. The lowest BCUT2D eigenvalue weighted by molar-refractivity contribution is 0.405. The molecule has 1 N–H and O–H groups in total. The zero-order valence-electron chi connectivity index (χ0n) is 9.10. The van der Waals surface area contributed by atoms with E-state index in [2.05, 4.69) is 4.72 Å². The van der Waals surface area contributed by atoms with Crippen molar-refractivity contribution >= 4 is 21.6 Å². The van der Waals surface area contributed by atoms with Gasteiger partial charge >= 0.3 is 0 Å². The first-order valence-electron chi connectivity index (χ1n) is 4.69. The molecular weight excluding hydrogens is 250 g/mol. The summed E-state index contributed by atoms with van der Waals surface area (Å²) >= 11 is 5.32. The van der Waals surface area contributed by atoms with E-state index in [0.29, 0.717) is 5.75 Å². The minimum atomic E-state index is -3.43. The topological polar surface area (TPSA) is 55.4 Å². The summed E-state index contributed by atoms with van der Waals surface area (Å²) in [4.78, 5) is 0. The van der Waals surface area contributed by atoms with Crippen LogP contribution in [0.4, 0.5) is 0 Å². The van der Waals surface area contributed by atoms with Crippen molar-refractivity contribution in [3.05, 3.63) is 29.8 Å². The molecular formula is C10H14ClNO3S. The van der Waals surface area contributed by atoms with E-state index in [1.54, 1.807) is 26.2 Å². The first-order valence-corrected chi connectivity index (χ1v) is 6.87. The molecule has 0 aliphatic carbocycles. The zero-order valence-corrected chi connectivity index (χ0v) is 10.7. The molecule has 1 rings (SSSR count). The summed E-state index contributed by atoms with van der Waals surface area (Å²) in [5.74, 6) is 0.646.